The Balaban J connectivity index is 1.55. The van der Waals surface area contributed by atoms with E-state index in [9.17, 15) is 4.79 Å². The third-order valence-corrected chi connectivity index (χ3v) is 4.49. The van der Waals surface area contributed by atoms with Crippen LogP contribution in [0.5, 0.6) is 5.75 Å². The Hall–Kier alpha value is -3.28. The molecule has 0 bridgehead atoms. The molecule has 1 atom stereocenters. The van der Waals surface area contributed by atoms with Crippen molar-refractivity contribution in [2.24, 2.45) is 0 Å². The van der Waals surface area contributed by atoms with Crippen LogP contribution in [0.4, 0.5) is 5.69 Å². The van der Waals surface area contributed by atoms with Crippen LogP contribution in [0.25, 0.3) is 5.69 Å². The summed E-state index contributed by atoms with van der Waals surface area (Å²) in [5, 5.41) is 4.25. The summed E-state index contributed by atoms with van der Waals surface area (Å²) < 4.78 is 12.8. The van der Waals surface area contributed by atoms with Crippen LogP contribution >= 0.6 is 0 Å². The van der Waals surface area contributed by atoms with Crippen molar-refractivity contribution < 1.29 is 14.3 Å². The highest BCUT2D eigenvalue weighted by atomic mass is 16.6. The molecule has 1 unspecified atom stereocenters. The van der Waals surface area contributed by atoms with Gasteiger partial charge in [0.1, 0.15) is 5.75 Å². The molecule has 0 radical (unpaired) electrons. The number of hydrogen-bond donors (Lipinski definition) is 0. The van der Waals surface area contributed by atoms with Gasteiger partial charge in [0.2, 0.25) is 6.10 Å². The van der Waals surface area contributed by atoms with E-state index >= 15 is 0 Å². The first-order chi connectivity index (χ1) is 13.2. The maximum Gasteiger partial charge on any atom is 0.349 e. The Bertz CT molecular complexity index is 907. The number of nitrogens with zero attached hydrogens (tertiary/aromatic N) is 3. The fraction of sp³-hybridized carbons (Fsp3) is 0.238. The number of esters is 1. The number of ether oxygens (including phenoxy) is 2. The second-order valence-electron chi connectivity index (χ2n) is 6.32. The van der Waals surface area contributed by atoms with Gasteiger partial charge >= 0.3 is 5.97 Å². The second-order valence-corrected chi connectivity index (χ2v) is 6.32. The summed E-state index contributed by atoms with van der Waals surface area (Å²) in [5.41, 5.74) is 3.13. The predicted molar refractivity (Wildman–Crippen MR) is 102 cm³/mol. The van der Waals surface area contributed by atoms with E-state index in [4.69, 9.17) is 9.47 Å². The lowest BCUT2D eigenvalue weighted by Gasteiger charge is -2.35. The van der Waals surface area contributed by atoms with Gasteiger partial charge in [-0.1, -0.05) is 24.3 Å². The molecule has 27 heavy (non-hydrogen) atoms. The van der Waals surface area contributed by atoms with Crippen molar-refractivity contribution in [3.05, 3.63) is 72.6 Å². The van der Waals surface area contributed by atoms with E-state index in [0.29, 0.717) is 25.4 Å². The van der Waals surface area contributed by atoms with Crippen molar-refractivity contribution in [1.82, 2.24) is 9.78 Å². The lowest BCUT2D eigenvalue weighted by Crippen LogP contribution is -2.44. The number of fused-ring (bicyclic) bond motifs is 1. The number of carbonyl (C=O) groups is 1. The fourth-order valence-electron chi connectivity index (χ4n) is 3.21. The zero-order valence-electron chi connectivity index (χ0n) is 15.1. The molecular formula is C21H21N3O3. The highest BCUT2D eigenvalue weighted by molar-refractivity contribution is 5.78. The topological polar surface area (TPSA) is 56.6 Å². The molecule has 2 heterocycles. The molecule has 1 aromatic heterocycles. The summed E-state index contributed by atoms with van der Waals surface area (Å²) >= 11 is 0. The largest absolute Gasteiger partial charge is 0.475 e. The van der Waals surface area contributed by atoms with Crippen molar-refractivity contribution in [2.75, 3.05) is 18.1 Å². The van der Waals surface area contributed by atoms with Crippen LogP contribution in [0.3, 0.4) is 0 Å². The average Bonchev–Trinajstić information content (AvgIpc) is 3.23. The molecule has 0 saturated carbocycles. The summed E-state index contributed by atoms with van der Waals surface area (Å²) in [7, 11) is 0. The molecule has 0 N–H and O–H groups in total. The van der Waals surface area contributed by atoms with Crippen LogP contribution in [-0.2, 0) is 16.1 Å². The Kier molecular flexibility index (Phi) is 4.78. The smallest absolute Gasteiger partial charge is 0.349 e. The minimum absolute atomic E-state index is 0.328. The third-order valence-electron chi connectivity index (χ3n) is 4.49. The Labute approximate surface area is 157 Å². The van der Waals surface area contributed by atoms with Crippen LogP contribution in [-0.4, -0.2) is 35.0 Å². The minimum Gasteiger partial charge on any atom is -0.475 e. The molecule has 6 nitrogen and oxygen atoms in total. The number of rotatable bonds is 5. The van der Waals surface area contributed by atoms with Gasteiger partial charge in [-0.15, -0.1) is 0 Å². The van der Waals surface area contributed by atoms with E-state index in [1.807, 2.05) is 53.3 Å². The zero-order chi connectivity index (χ0) is 18.6. The number of anilines is 1. The summed E-state index contributed by atoms with van der Waals surface area (Å²) in [5.74, 6) is 0.376. The van der Waals surface area contributed by atoms with Gasteiger partial charge in [-0.2, -0.15) is 5.10 Å². The van der Waals surface area contributed by atoms with Crippen molar-refractivity contribution in [1.29, 1.82) is 0 Å². The van der Waals surface area contributed by atoms with Crippen molar-refractivity contribution in [3.8, 4) is 11.4 Å². The molecule has 3 aromatic rings. The molecule has 4 rings (SSSR count). The monoisotopic (exact) mass is 363 g/mol. The molecule has 138 valence electrons. The SMILES string of the molecule is CCOC(=O)C1CN(Cc2ccc(-n3cccn3)cc2)c2ccccc2O1. The summed E-state index contributed by atoms with van der Waals surface area (Å²) in [4.78, 5) is 14.4. The van der Waals surface area contributed by atoms with E-state index in [-0.39, 0.29) is 5.97 Å². The summed E-state index contributed by atoms with van der Waals surface area (Å²) in [6, 6.07) is 17.9. The minimum atomic E-state index is -0.622. The number of para-hydroxylation sites is 2. The molecule has 0 aliphatic carbocycles. The van der Waals surface area contributed by atoms with Gasteiger partial charge < -0.3 is 14.4 Å². The molecular weight excluding hydrogens is 342 g/mol. The molecule has 0 amide bonds. The van der Waals surface area contributed by atoms with Crippen molar-refractivity contribution in [2.45, 2.75) is 19.6 Å². The lowest BCUT2D eigenvalue weighted by atomic mass is 10.1. The van der Waals surface area contributed by atoms with Gasteiger partial charge in [0.15, 0.2) is 0 Å². The van der Waals surface area contributed by atoms with E-state index in [1.54, 1.807) is 13.1 Å². The number of hydrogen-bond acceptors (Lipinski definition) is 5. The summed E-state index contributed by atoms with van der Waals surface area (Å²) in [6.45, 7) is 3.27. The van der Waals surface area contributed by atoms with Gasteiger partial charge in [-0.05, 0) is 42.8 Å². The molecule has 1 aliphatic rings. The highest BCUT2D eigenvalue weighted by Crippen LogP contribution is 2.34. The summed E-state index contributed by atoms with van der Waals surface area (Å²) in [6.07, 6.45) is 3.05. The molecule has 0 spiro atoms. The first-order valence-corrected chi connectivity index (χ1v) is 9.01. The van der Waals surface area contributed by atoms with E-state index < -0.39 is 6.10 Å². The van der Waals surface area contributed by atoms with Crippen LogP contribution in [0.2, 0.25) is 0 Å². The van der Waals surface area contributed by atoms with Gasteiger partial charge in [-0.3, -0.25) is 0 Å². The maximum absolute atomic E-state index is 12.2. The fourth-order valence-corrected chi connectivity index (χ4v) is 3.21. The Morgan fingerprint density at radius 2 is 2.00 bits per heavy atom. The van der Waals surface area contributed by atoms with E-state index in [1.165, 1.54) is 0 Å². The maximum atomic E-state index is 12.2. The Morgan fingerprint density at radius 1 is 1.19 bits per heavy atom. The van der Waals surface area contributed by atoms with Crippen LogP contribution in [0.15, 0.2) is 67.0 Å². The van der Waals surface area contributed by atoms with E-state index in [0.717, 1.165) is 16.9 Å². The normalized spacial score (nSPS) is 15.7. The molecule has 0 saturated heterocycles. The first kappa shape index (κ1) is 17.1. The Morgan fingerprint density at radius 3 is 2.74 bits per heavy atom. The van der Waals surface area contributed by atoms with Gasteiger partial charge in [0.25, 0.3) is 0 Å². The number of benzene rings is 2. The lowest BCUT2D eigenvalue weighted by molar-refractivity contribution is -0.151. The third kappa shape index (κ3) is 3.65. The highest BCUT2D eigenvalue weighted by Gasteiger charge is 2.31. The number of aromatic nitrogens is 2. The van der Waals surface area contributed by atoms with Crippen LogP contribution < -0.4 is 9.64 Å². The standard InChI is InChI=1S/C21H21N3O3/c1-2-26-21(25)20-15-23(18-6-3-4-7-19(18)27-20)14-16-8-10-17(11-9-16)24-13-5-12-22-24/h3-13,20H,2,14-15H2,1H3. The molecule has 1 aliphatic heterocycles. The quantitative estimate of drug-likeness (QED) is 0.652. The van der Waals surface area contributed by atoms with Gasteiger partial charge in [0.05, 0.1) is 24.5 Å². The predicted octanol–water partition coefficient (Wildman–Crippen LogP) is 3.20. The zero-order valence-corrected chi connectivity index (χ0v) is 15.1. The molecule has 6 heteroatoms. The van der Waals surface area contributed by atoms with Crippen LogP contribution in [0.1, 0.15) is 12.5 Å². The second kappa shape index (κ2) is 7.53. The van der Waals surface area contributed by atoms with Crippen molar-refractivity contribution >= 4 is 11.7 Å². The van der Waals surface area contributed by atoms with E-state index in [2.05, 4.69) is 22.1 Å². The average molecular weight is 363 g/mol. The molecule has 0 fully saturated rings. The molecule has 2 aromatic carbocycles. The van der Waals surface area contributed by atoms with Gasteiger partial charge in [-0.25, -0.2) is 9.48 Å². The number of carbonyl (C=O) groups excluding carboxylic acids is 1. The van der Waals surface area contributed by atoms with Crippen molar-refractivity contribution in [3.63, 3.8) is 0 Å². The van der Waals surface area contributed by atoms with Gasteiger partial charge in [0, 0.05) is 18.9 Å². The first-order valence-electron chi connectivity index (χ1n) is 9.01. The van der Waals surface area contributed by atoms with Crippen LogP contribution in [0, 0.1) is 0 Å².